The minimum atomic E-state index is -0.517. The number of hydrogen-bond acceptors (Lipinski definition) is 5. The van der Waals surface area contributed by atoms with Gasteiger partial charge in [0.05, 0.1) is 5.02 Å². The van der Waals surface area contributed by atoms with Gasteiger partial charge in [0, 0.05) is 48.7 Å². The van der Waals surface area contributed by atoms with E-state index in [1.165, 1.54) is 0 Å². The number of nitrogens with one attached hydrogen (secondary N) is 1. The molecule has 0 atom stereocenters. The standard InChI is InChI=1S/C22H25ClN4O3/c1-14-11-17(18(13-24)20(28)25-14)16-6-5-15(12-19(16)23)26-7-9-27(10-8-26)21(29)30-22(2,3)4/h5-6,11-12H,7-10H2,1-4H3,(H,25,28). The molecule has 158 valence electrons. The molecule has 1 aliphatic rings. The van der Waals surface area contributed by atoms with Gasteiger partial charge in [-0.15, -0.1) is 0 Å². The number of ether oxygens (including phenoxy) is 1. The largest absolute Gasteiger partial charge is 0.444 e. The average molecular weight is 429 g/mol. The lowest BCUT2D eigenvalue weighted by Gasteiger charge is -2.36. The topological polar surface area (TPSA) is 89.4 Å². The molecule has 30 heavy (non-hydrogen) atoms. The zero-order chi connectivity index (χ0) is 22.1. The van der Waals surface area contributed by atoms with E-state index in [4.69, 9.17) is 16.3 Å². The van der Waals surface area contributed by atoms with E-state index >= 15 is 0 Å². The van der Waals surface area contributed by atoms with E-state index in [0.29, 0.717) is 48.0 Å². The van der Waals surface area contributed by atoms with Crippen LogP contribution in [0, 0.1) is 18.3 Å². The molecule has 0 saturated carbocycles. The molecule has 0 bridgehead atoms. The monoisotopic (exact) mass is 428 g/mol. The minimum Gasteiger partial charge on any atom is -0.444 e. The van der Waals surface area contributed by atoms with Gasteiger partial charge in [-0.05, 0) is 45.9 Å². The van der Waals surface area contributed by atoms with Crippen LogP contribution in [-0.4, -0.2) is 47.8 Å². The summed E-state index contributed by atoms with van der Waals surface area (Å²) in [7, 11) is 0. The second-order valence-electron chi connectivity index (χ2n) is 8.30. The van der Waals surface area contributed by atoms with Crippen molar-refractivity contribution in [2.24, 2.45) is 0 Å². The van der Waals surface area contributed by atoms with Crippen LogP contribution in [-0.2, 0) is 4.74 Å². The summed E-state index contributed by atoms with van der Waals surface area (Å²) in [6.45, 7) is 9.74. The van der Waals surface area contributed by atoms with Crippen molar-refractivity contribution in [1.29, 1.82) is 5.26 Å². The summed E-state index contributed by atoms with van der Waals surface area (Å²) >= 11 is 6.54. The lowest BCUT2D eigenvalue weighted by molar-refractivity contribution is 0.0240. The summed E-state index contributed by atoms with van der Waals surface area (Å²) in [6.07, 6.45) is -0.302. The number of benzene rings is 1. The number of aromatic nitrogens is 1. The Balaban J connectivity index is 1.77. The third-order valence-electron chi connectivity index (χ3n) is 4.82. The van der Waals surface area contributed by atoms with Crippen molar-refractivity contribution in [1.82, 2.24) is 9.88 Å². The SMILES string of the molecule is Cc1cc(-c2ccc(N3CCN(C(=O)OC(C)(C)C)CC3)cc2Cl)c(C#N)c(=O)[nH]1. The molecule has 1 aromatic heterocycles. The van der Waals surface area contributed by atoms with Gasteiger partial charge in [-0.1, -0.05) is 17.7 Å². The molecule has 7 nitrogen and oxygen atoms in total. The second kappa shape index (κ2) is 8.41. The van der Waals surface area contributed by atoms with E-state index in [0.717, 1.165) is 5.69 Å². The molecule has 1 aliphatic heterocycles. The molecule has 1 fully saturated rings. The van der Waals surface area contributed by atoms with Crippen LogP contribution in [0.5, 0.6) is 0 Å². The molecule has 2 aromatic rings. The zero-order valence-corrected chi connectivity index (χ0v) is 18.3. The van der Waals surface area contributed by atoms with Crippen LogP contribution in [0.3, 0.4) is 0 Å². The molecule has 0 aliphatic carbocycles. The van der Waals surface area contributed by atoms with E-state index in [2.05, 4.69) is 9.88 Å². The summed E-state index contributed by atoms with van der Waals surface area (Å²) in [6, 6.07) is 9.29. The molecule has 1 saturated heterocycles. The van der Waals surface area contributed by atoms with Gasteiger partial charge in [0.25, 0.3) is 5.56 Å². The first-order valence-corrected chi connectivity index (χ1v) is 10.1. The van der Waals surface area contributed by atoms with Crippen molar-refractivity contribution in [2.45, 2.75) is 33.3 Å². The highest BCUT2D eigenvalue weighted by molar-refractivity contribution is 6.33. The fourth-order valence-electron chi connectivity index (χ4n) is 3.40. The van der Waals surface area contributed by atoms with Crippen LogP contribution in [0.4, 0.5) is 10.5 Å². The van der Waals surface area contributed by atoms with E-state index in [9.17, 15) is 14.9 Å². The Morgan fingerprint density at radius 1 is 1.17 bits per heavy atom. The van der Waals surface area contributed by atoms with Crippen LogP contribution in [0.2, 0.25) is 5.02 Å². The number of rotatable bonds is 2. The number of nitrogens with zero attached hydrogens (tertiary/aromatic N) is 3. The number of H-pyrrole nitrogens is 1. The molecule has 0 radical (unpaired) electrons. The van der Waals surface area contributed by atoms with Gasteiger partial charge in [-0.3, -0.25) is 4.79 Å². The Bertz CT molecular complexity index is 1060. The molecular weight excluding hydrogens is 404 g/mol. The maximum absolute atomic E-state index is 12.2. The number of aromatic amines is 1. The highest BCUT2D eigenvalue weighted by Gasteiger charge is 2.26. The maximum atomic E-state index is 12.2. The van der Waals surface area contributed by atoms with Gasteiger partial charge in [0.1, 0.15) is 17.2 Å². The molecule has 0 spiro atoms. The zero-order valence-electron chi connectivity index (χ0n) is 17.6. The molecule has 1 aromatic carbocycles. The maximum Gasteiger partial charge on any atom is 0.410 e. The van der Waals surface area contributed by atoms with Crippen molar-refractivity contribution < 1.29 is 9.53 Å². The summed E-state index contributed by atoms with van der Waals surface area (Å²) in [4.78, 5) is 30.8. The van der Waals surface area contributed by atoms with E-state index in [1.807, 2.05) is 45.0 Å². The second-order valence-corrected chi connectivity index (χ2v) is 8.71. The number of piperazine rings is 1. The summed E-state index contributed by atoms with van der Waals surface area (Å²) < 4.78 is 5.44. The lowest BCUT2D eigenvalue weighted by Crippen LogP contribution is -2.50. The normalized spacial score (nSPS) is 14.4. The molecule has 1 amide bonds. The summed E-state index contributed by atoms with van der Waals surface area (Å²) in [5, 5.41) is 9.84. The first-order valence-electron chi connectivity index (χ1n) is 9.76. The van der Waals surface area contributed by atoms with Crippen molar-refractivity contribution in [3.05, 3.63) is 50.9 Å². The molecular formula is C22H25ClN4O3. The predicted molar refractivity (Wildman–Crippen MR) is 117 cm³/mol. The Hall–Kier alpha value is -2.98. The van der Waals surface area contributed by atoms with E-state index in [1.54, 1.807) is 17.9 Å². The van der Waals surface area contributed by atoms with Crippen molar-refractivity contribution in [3.8, 4) is 17.2 Å². The van der Waals surface area contributed by atoms with Crippen LogP contribution in [0.15, 0.2) is 29.1 Å². The summed E-state index contributed by atoms with van der Waals surface area (Å²) in [5.74, 6) is 0. The number of amides is 1. The number of hydrogen-bond donors (Lipinski definition) is 1. The number of nitriles is 1. The average Bonchev–Trinajstić information content (AvgIpc) is 2.66. The quantitative estimate of drug-likeness (QED) is 0.782. The lowest BCUT2D eigenvalue weighted by atomic mass is 10.0. The van der Waals surface area contributed by atoms with Crippen molar-refractivity contribution in [3.63, 3.8) is 0 Å². The Labute approximate surface area is 180 Å². The van der Waals surface area contributed by atoms with Gasteiger partial charge in [-0.25, -0.2) is 4.79 Å². The Kier molecular flexibility index (Phi) is 6.09. The Morgan fingerprint density at radius 2 is 1.83 bits per heavy atom. The smallest absolute Gasteiger partial charge is 0.410 e. The fourth-order valence-corrected chi connectivity index (χ4v) is 3.68. The third kappa shape index (κ3) is 4.77. The van der Waals surface area contributed by atoms with Gasteiger partial charge in [-0.2, -0.15) is 5.26 Å². The number of pyridine rings is 1. The van der Waals surface area contributed by atoms with Gasteiger partial charge >= 0.3 is 6.09 Å². The number of halogens is 1. The predicted octanol–water partition coefficient (Wildman–Crippen LogP) is 3.93. The molecule has 0 unspecified atom stereocenters. The summed E-state index contributed by atoms with van der Waals surface area (Å²) in [5.41, 5.74) is 1.84. The number of anilines is 1. The first kappa shape index (κ1) is 21.7. The van der Waals surface area contributed by atoms with Crippen molar-refractivity contribution >= 4 is 23.4 Å². The van der Waals surface area contributed by atoms with E-state index < -0.39 is 11.2 Å². The molecule has 8 heteroatoms. The molecule has 2 heterocycles. The van der Waals surface area contributed by atoms with Gasteiger partial charge < -0.3 is 19.5 Å². The first-order chi connectivity index (χ1) is 14.1. The highest BCUT2D eigenvalue weighted by Crippen LogP contribution is 2.33. The van der Waals surface area contributed by atoms with E-state index in [-0.39, 0.29) is 11.7 Å². The van der Waals surface area contributed by atoms with Gasteiger partial charge in [0.2, 0.25) is 0 Å². The third-order valence-corrected chi connectivity index (χ3v) is 5.13. The van der Waals surface area contributed by atoms with Gasteiger partial charge in [0.15, 0.2) is 0 Å². The van der Waals surface area contributed by atoms with Crippen LogP contribution >= 0.6 is 11.6 Å². The number of carbonyl (C=O) groups excluding carboxylic acids is 1. The van der Waals surface area contributed by atoms with Crippen molar-refractivity contribution in [2.75, 3.05) is 31.1 Å². The minimum absolute atomic E-state index is 0.0428. The van der Waals surface area contributed by atoms with Crippen LogP contribution in [0.25, 0.3) is 11.1 Å². The molecule has 3 rings (SSSR count). The Morgan fingerprint density at radius 3 is 2.40 bits per heavy atom. The number of carbonyl (C=O) groups is 1. The fraction of sp³-hybridized carbons (Fsp3) is 0.409. The molecule has 1 N–H and O–H groups in total. The van der Waals surface area contributed by atoms with Crippen LogP contribution < -0.4 is 10.5 Å². The highest BCUT2D eigenvalue weighted by atomic mass is 35.5. The van der Waals surface area contributed by atoms with Crippen LogP contribution in [0.1, 0.15) is 32.0 Å². The number of aryl methyl sites for hydroxylation is 1.